The molecule has 16 heavy (non-hydrogen) atoms. The van der Waals surface area contributed by atoms with Crippen LogP contribution in [0.5, 0.6) is 0 Å². The van der Waals surface area contributed by atoms with Crippen LogP contribution in [-0.2, 0) is 4.79 Å². The zero-order chi connectivity index (χ0) is 12.0. The van der Waals surface area contributed by atoms with Gasteiger partial charge in [0.05, 0.1) is 0 Å². The molecular weight excluding hydrogens is 198 g/mol. The average Bonchev–Trinajstić information content (AvgIpc) is 2.24. The van der Waals surface area contributed by atoms with E-state index in [2.05, 4.69) is 37.4 Å². The van der Waals surface area contributed by atoms with Gasteiger partial charge in [-0.05, 0) is 30.9 Å². The summed E-state index contributed by atoms with van der Waals surface area (Å²) in [6.07, 6.45) is 1.57. The number of hydrogen-bond donors (Lipinski definition) is 1. The molecule has 1 N–H and O–H groups in total. The third kappa shape index (κ3) is 4.05. The summed E-state index contributed by atoms with van der Waals surface area (Å²) in [7, 11) is 0. The minimum atomic E-state index is 0.263. The van der Waals surface area contributed by atoms with Gasteiger partial charge >= 0.3 is 0 Å². The maximum absolute atomic E-state index is 10.8. The van der Waals surface area contributed by atoms with Crippen LogP contribution in [0.3, 0.4) is 0 Å². The number of carbonyl (C=O) groups is 1. The lowest BCUT2D eigenvalue weighted by atomic mass is 10.0. The van der Waals surface area contributed by atoms with Crippen LogP contribution in [-0.4, -0.2) is 12.3 Å². The van der Waals surface area contributed by atoms with E-state index in [4.69, 9.17) is 0 Å². The quantitative estimate of drug-likeness (QED) is 0.741. The first-order valence-electron chi connectivity index (χ1n) is 5.93. The molecule has 0 atom stereocenters. The molecule has 0 radical (unpaired) electrons. The zero-order valence-electron chi connectivity index (χ0n) is 10.4. The normalized spacial score (nSPS) is 10.5. The van der Waals surface area contributed by atoms with Crippen molar-refractivity contribution in [1.82, 2.24) is 0 Å². The molecule has 0 saturated carbocycles. The van der Waals surface area contributed by atoms with Gasteiger partial charge in [0.25, 0.3) is 0 Å². The van der Waals surface area contributed by atoms with Gasteiger partial charge in [0.2, 0.25) is 0 Å². The topological polar surface area (TPSA) is 29.1 Å². The Labute approximate surface area is 98.1 Å². The molecule has 0 aliphatic carbocycles. The van der Waals surface area contributed by atoms with E-state index in [1.807, 2.05) is 6.07 Å². The molecule has 0 bridgehead atoms. The third-order valence-corrected chi connectivity index (χ3v) is 2.60. The summed E-state index contributed by atoms with van der Waals surface area (Å²) in [5, 5.41) is 3.40. The fourth-order valence-electron chi connectivity index (χ4n) is 1.72. The molecule has 2 heteroatoms. The van der Waals surface area contributed by atoms with E-state index >= 15 is 0 Å². The van der Waals surface area contributed by atoms with Gasteiger partial charge in [0.1, 0.15) is 5.78 Å². The van der Waals surface area contributed by atoms with Gasteiger partial charge in [-0.15, -0.1) is 0 Å². The van der Waals surface area contributed by atoms with Crippen molar-refractivity contribution in [3.63, 3.8) is 0 Å². The Balaban J connectivity index is 2.50. The lowest BCUT2D eigenvalue weighted by molar-refractivity contribution is -0.117. The molecule has 0 fully saturated rings. The molecule has 0 aliphatic heterocycles. The fourth-order valence-corrected chi connectivity index (χ4v) is 1.72. The molecule has 1 rings (SSSR count). The van der Waals surface area contributed by atoms with E-state index in [9.17, 15) is 4.79 Å². The van der Waals surface area contributed by atoms with Crippen molar-refractivity contribution in [2.24, 2.45) is 0 Å². The number of hydrogen-bond acceptors (Lipinski definition) is 2. The fraction of sp³-hybridized carbons (Fsp3) is 0.500. The predicted molar refractivity (Wildman–Crippen MR) is 68.9 cm³/mol. The Morgan fingerprint density at radius 3 is 2.62 bits per heavy atom. The summed E-state index contributed by atoms with van der Waals surface area (Å²) < 4.78 is 0. The monoisotopic (exact) mass is 219 g/mol. The van der Waals surface area contributed by atoms with Gasteiger partial charge < -0.3 is 10.1 Å². The number of nitrogens with one attached hydrogen (secondary N) is 1. The molecule has 0 saturated heterocycles. The van der Waals surface area contributed by atoms with Crippen LogP contribution in [0.1, 0.15) is 45.1 Å². The standard InChI is InChI=1S/C14H21NO/c1-11(2)13-8-4-5-9-14(13)15-10-6-7-12(3)16/h4-5,8-9,11,15H,6-7,10H2,1-3H3. The number of ketones is 1. The summed E-state index contributed by atoms with van der Waals surface area (Å²) in [6, 6.07) is 8.36. The van der Waals surface area contributed by atoms with Crippen LogP contribution < -0.4 is 5.32 Å². The Hall–Kier alpha value is -1.31. The van der Waals surface area contributed by atoms with Gasteiger partial charge in [-0.25, -0.2) is 0 Å². The highest BCUT2D eigenvalue weighted by Gasteiger charge is 2.04. The first kappa shape index (κ1) is 12.8. The Bertz CT molecular complexity index is 344. The van der Waals surface area contributed by atoms with Gasteiger partial charge in [-0.2, -0.15) is 0 Å². The number of anilines is 1. The molecule has 0 aromatic heterocycles. The predicted octanol–water partition coefficient (Wildman–Crippen LogP) is 3.59. The van der Waals surface area contributed by atoms with Crippen LogP contribution >= 0.6 is 0 Å². The first-order valence-corrected chi connectivity index (χ1v) is 5.93. The number of rotatable bonds is 6. The van der Waals surface area contributed by atoms with Gasteiger partial charge in [-0.1, -0.05) is 32.0 Å². The summed E-state index contributed by atoms with van der Waals surface area (Å²) in [6.45, 7) is 6.89. The van der Waals surface area contributed by atoms with Crippen molar-refractivity contribution < 1.29 is 4.79 Å². The Morgan fingerprint density at radius 2 is 2.00 bits per heavy atom. The van der Waals surface area contributed by atoms with E-state index in [-0.39, 0.29) is 5.78 Å². The molecule has 0 unspecified atom stereocenters. The van der Waals surface area contributed by atoms with Crippen molar-refractivity contribution >= 4 is 11.5 Å². The minimum absolute atomic E-state index is 0.263. The second-order valence-electron chi connectivity index (χ2n) is 4.47. The van der Waals surface area contributed by atoms with E-state index < -0.39 is 0 Å². The molecule has 1 aromatic carbocycles. The molecule has 2 nitrogen and oxygen atoms in total. The molecule has 88 valence electrons. The van der Waals surface area contributed by atoms with E-state index in [1.54, 1.807) is 6.92 Å². The molecule has 0 heterocycles. The summed E-state index contributed by atoms with van der Waals surface area (Å²) in [5.41, 5.74) is 2.53. The first-order chi connectivity index (χ1) is 7.61. The smallest absolute Gasteiger partial charge is 0.129 e. The second-order valence-corrected chi connectivity index (χ2v) is 4.47. The average molecular weight is 219 g/mol. The van der Waals surface area contributed by atoms with Crippen molar-refractivity contribution in [2.45, 2.75) is 39.5 Å². The van der Waals surface area contributed by atoms with E-state index in [1.165, 1.54) is 11.3 Å². The summed E-state index contributed by atoms with van der Waals surface area (Å²) in [5.74, 6) is 0.787. The molecule has 0 aliphatic rings. The van der Waals surface area contributed by atoms with Crippen molar-refractivity contribution in [1.29, 1.82) is 0 Å². The van der Waals surface area contributed by atoms with Crippen LogP contribution in [0.15, 0.2) is 24.3 Å². The van der Waals surface area contributed by atoms with Crippen molar-refractivity contribution in [3.8, 4) is 0 Å². The lowest BCUT2D eigenvalue weighted by Gasteiger charge is -2.14. The van der Waals surface area contributed by atoms with Gasteiger partial charge in [0, 0.05) is 18.7 Å². The number of Topliss-reactive ketones (excluding diaryl/α,β-unsaturated/α-hetero) is 1. The third-order valence-electron chi connectivity index (χ3n) is 2.60. The highest BCUT2D eigenvalue weighted by Crippen LogP contribution is 2.23. The molecule has 0 spiro atoms. The molecular formula is C14H21NO. The van der Waals surface area contributed by atoms with Gasteiger partial charge in [0.15, 0.2) is 0 Å². The second kappa shape index (κ2) is 6.31. The molecule has 0 amide bonds. The number of carbonyl (C=O) groups excluding carboxylic acids is 1. The summed E-state index contributed by atoms with van der Waals surface area (Å²) >= 11 is 0. The largest absolute Gasteiger partial charge is 0.385 e. The molecule has 1 aromatic rings. The minimum Gasteiger partial charge on any atom is -0.385 e. The highest BCUT2D eigenvalue weighted by atomic mass is 16.1. The number of para-hydroxylation sites is 1. The SMILES string of the molecule is CC(=O)CCCNc1ccccc1C(C)C. The summed E-state index contributed by atoms with van der Waals surface area (Å²) in [4.78, 5) is 10.8. The van der Waals surface area contributed by atoms with Crippen LogP contribution in [0.4, 0.5) is 5.69 Å². The maximum Gasteiger partial charge on any atom is 0.129 e. The van der Waals surface area contributed by atoms with Crippen molar-refractivity contribution in [2.75, 3.05) is 11.9 Å². The Morgan fingerprint density at radius 1 is 1.31 bits per heavy atom. The number of benzene rings is 1. The zero-order valence-corrected chi connectivity index (χ0v) is 10.4. The van der Waals surface area contributed by atoms with Gasteiger partial charge in [-0.3, -0.25) is 0 Å². The van der Waals surface area contributed by atoms with Crippen LogP contribution in [0, 0.1) is 0 Å². The highest BCUT2D eigenvalue weighted by molar-refractivity contribution is 5.75. The van der Waals surface area contributed by atoms with E-state index in [0.29, 0.717) is 12.3 Å². The van der Waals surface area contributed by atoms with Crippen LogP contribution in [0.2, 0.25) is 0 Å². The lowest BCUT2D eigenvalue weighted by Crippen LogP contribution is -2.06. The maximum atomic E-state index is 10.8. The van der Waals surface area contributed by atoms with E-state index in [0.717, 1.165) is 13.0 Å². The van der Waals surface area contributed by atoms with Crippen LogP contribution in [0.25, 0.3) is 0 Å². The van der Waals surface area contributed by atoms with Crippen molar-refractivity contribution in [3.05, 3.63) is 29.8 Å². The Kier molecular flexibility index (Phi) is 5.03.